The highest BCUT2D eigenvalue weighted by atomic mass is 32.1. The Hall–Kier alpha value is -3.00. The first-order valence-electron chi connectivity index (χ1n) is 9.81. The molecule has 1 aliphatic carbocycles. The number of fused-ring (bicyclic) bond motifs is 1. The van der Waals surface area contributed by atoms with Crippen LogP contribution in [0.25, 0.3) is 10.2 Å². The maximum Gasteiger partial charge on any atom is 0.293 e. The van der Waals surface area contributed by atoms with E-state index in [1.165, 1.54) is 6.07 Å². The zero-order chi connectivity index (χ0) is 20.0. The van der Waals surface area contributed by atoms with Crippen molar-refractivity contribution in [2.75, 3.05) is 11.9 Å². The number of amides is 1. The van der Waals surface area contributed by atoms with Gasteiger partial charge in [0.25, 0.3) is 11.6 Å². The van der Waals surface area contributed by atoms with Crippen LogP contribution in [-0.4, -0.2) is 33.3 Å². The summed E-state index contributed by atoms with van der Waals surface area (Å²) >= 11 is 1.61. The van der Waals surface area contributed by atoms with Crippen molar-refractivity contribution in [1.29, 1.82) is 0 Å². The lowest BCUT2D eigenvalue weighted by molar-refractivity contribution is -0.384. The summed E-state index contributed by atoms with van der Waals surface area (Å²) in [6.07, 6.45) is 3.80. The normalized spacial score (nSPS) is 18.9. The van der Waals surface area contributed by atoms with Crippen molar-refractivity contribution in [2.45, 2.75) is 37.8 Å². The molecule has 0 radical (unpaired) electrons. The number of carbonyl (C=O) groups is 1. The van der Waals surface area contributed by atoms with Crippen molar-refractivity contribution >= 4 is 38.8 Å². The summed E-state index contributed by atoms with van der Waals surface area (Å²) in [5.41, 5.74) is 1.74. The summed E-state index contributed by atoms with van der Waals surface area (Å²) in [6, 6.07) is 12.9. The Morgan fingerprint density at radius 2 is 2.03 bits per heavy atom. The lowest BCUT2D eigenvalue weighted by Crippen LogP contribution is -2.30. The van der Waals surface area contributed by atoms with E-state index in [1.807, 2.05) is 29.2 Å². The number of nitro groups is 1. The predicted molar refractivity (Wildman–Crippen MR) is 112 cm³/mol. The van der Waals surface area contributed by atoms with Crippen LogP contribution in [0.2, 0.25) is 0 Å². The Morgan fingerprint density at radius 3 is 2.79 bits per heavy atom. The second-order valence-electron chi connectivity index (χ2n) is 7.58. The number of rotatable bonds is 5. The monoisotopic (exact) mass is 408 g/mol. The van der Waals surface area contributed by atoms with Crippen LogP contribution in [-0.2, 0) is 0 Å². The first kappa shape index (κ1) is 18.1. The van der Waals surface area contributed by atoms with Gasteiger partial charge in [-0.05, 0) is 49.9 Å². The Bertz CT molecular complexity index is 1080. The van der Waals surface area contributed by atoms with Crippen LogP contribution in [0, 0.1) is 10.1 Å². The molecule has 29 heavy (non-hydrogen) atoms. The number of thiazole rings is 1. The Kier molecular flexibility index (Phi) is 4.43. The standard InChI is InChI=1S/C21H20N4O3S/c26-21(13-7-10-15(22-14-8-9-14)18(12-13)25(27)28)24-11-3-5-17(24)20-23-16-4-1-2-6-19(16)29-20/h1-2,4,6-7,10,12,14,17,22H,3,5,8-9,11H2. The van der Waals surface area contributed by atoms with Crippen LogP contribution >= 0.6 is 11.3 Å². The molecule has 0 bridgehead atoms. The number of carbonyl (C=O) groups excluding carboxylic acids is 1. The smallest absolute Gasteiger partial charge is 0.293 e. The molecule has 2 fully saturated rings. The highest BCUT2D eigenvalue weighted by Gasteiger charge is 2.34. The molecule has 1 unspecified atom stereocenters. The minimum Gasteiger partial charge on any atom is -0.377 e. The zero-order valence-corrected chi connectivity index (χ0v) is 16.5. The third-order valence-electron chi connectivity index (χ3n) is 5.49. The van der Waals surface area contributed by atoms with E-state index in [2.05, 4.69) is 5.32 Å². The van der Waals surface area contributed by atoms with Crippen LogP contribution in [0.15, 0.2) is 42.5 Å². The number of benzene rings is 2. The molecule has 2 aliphatic rings. The van der Waals surface area contributed by atoms with Gasteiger partial charge in [-0.15, -0.1) is 11.3 Å². The van der Waals surface area contributed by atoms with Gasteiger partial charge in [-0.3, -0.25) is 14.9 Å². The predicted octanol–water partition coefficient (Wildman–Crippen LogP) is 4.76. The lowest BCUT2D eigenvalue weighted by Gasteiger charge is -2.23. The van der Waals surface area contributed by atoms with E-state index in [0.717, 1.165) is 40.9 Å². The molecule has 1 aromatic heterocycles. The summed E-state index contributed by atoms with van der Waals surface area (Å²) in [5.74, 6) is -0.173. The van der Waals surface area contributed by atoms with E-state index in [4.69, 9.17) is 4.98 Å². The molecular weight excluding hydrogens is 388 g/mol. The molecule has 1 aliphatic heterocycles. The minimum atomic E-state index is -0.420. The number of nitrogens with one attached hydrogen (secondary N) is 1. The molecule has 5 rings (SSSR count). The van der Waals surface area contributed by atoms with Gasteiger partial charge in [0, 0.05) is 24.2 Å². The van der Waals surface area contributed by atoms with E-state index in [1.54, 1.807) is 23.5 Å². The van der Waals surface area contributed by atoms with E-state index >= 15 is 0 Å². The minimum absolute atomic E-state index is 0.0431. The average molecular weight is 408 g/mol. The first-order chi connectivity index (χ1) is 14.1. The van der Waals surface area contributed by atoms with Gasteiger partial charge in [0.05, 0.1) is 21.2 Å². The number of hydrogen-bond donors (Lipinski definition) is 1. The van der Waals surface area contributed by atoms with E-state index in [-0.39, 0.29) is 17.6 Å². The molecule has 2 aromatic carbocycles. The van der Waals surface area contributed by atoms with Crippen molar-refractivity contribution < 1.29 is 9.72 Å². The summed E-state index contributed by atoms with van der Waals surface area (Å²) in [4.78, 5) is 30.9. The molecule has 0 spiro atoms. The van der Waals surface area contributed by atoms with Gasteiger partial charge >= 0.3 is 0 Å². The first-order valence-corrected chi connectivity index (χ1v) is 10.6. The highest BCUT2D eigenvalue weighted by molar-refractivity contribution is 7.18. The largest absolute Gasteiger partial charge is 0.377 e. The van der Waals surface area contributed by atoms with E-state index < -0.39 is 4.92 Å². The van der Waals surface area contributed by atoms with E-state index in [9.17, 15) is 14.9 Å². The number of nitro benzene ring substituents is 1. The van der Waals surface area contributed by atoms with E-state index in [0.29, 0.717) is 23.8 Å². The van der Waals surface area contributed by atoms with Gasteiger partial charge in [-0.1, -0.05) is 12.1 Å². The fraction of sp³-hybridized carbons (Fsp3) is 0.333. The molecule has 1 saturated heterocycles. The van der Waals surface area contributed by atoms with Gasteiger partial charge < -0.3 is 10.2 Å². The van der Waals surface area contributed by atoms with Gasteiger partial charge in [0.1, 0.15) is 10.7 Å². The molecule has 1 N–H and O–H groups in total. The molecular formula is C21H20N4O3S. The van der Waals surface area contributed by atoms with Gasteiger partial charge in [-0.25, -0.2) is 4.98 Å². The number of anilines is 1. The molecule has 8 heteroatoms. The van der Waals surface area contributed by atoms with Crippen LogP contribution in [0.4, 0.5) is 11.4 Å². The number of para-hydroxylation sites is 1. The van der Waals surface area contributed by atoms with Crippen LogP contribution in [0.3, 0.4) is 0 Å². The molecule has 1 atom stereocenters. The summed E-state index contributed by atoms with van der Waals surface area (Å²) in [6.45, 7) is 0.634. The third-order valence-corrected chi connectivity index (χ3v) is 6.63. The maximum absolute atomic E-state index is 13.2. The van der Waals surface area contributed by atoms with Crippen LogP contribution < -0.4 is 5.32 Å². The SMILES string of the molecule is O=C(c1ccc(NC2CC2)c([N+](=O)[O-])c1)N1CCCC1c1nc2ccccc2s1. The Balaban J connectivity index is 1.44. The third kappa shape index (κ3) is 3.44. The fourth-order valence-electron chi connectivity index (χ4n) is 3.85. The Morgan fingerprint density at radius 1 is 1.21 bits per heavy atom. The van der Waals surface area contributed by atoms with Crippen molar-refractivity contribution in [1.82, 2.24) is 9.88 Å². The fourth-order valence-corrected chi connectivity index (χ4v) is 4.97. The molecule has 1 saturated carbocycles. The molecule has 7 nitrogen and oxygen atoms in total. The molecule has 148 valence electrons. The number of aromatic nitrogens is 1. The van der Waals surface area contributed by atoms with Crippen molar-refractivity contribution in [3.8, 4) is 0 Å². The second kappa shape index (κ2) is 7.11. The second-order valence-corrected chi connectivity index (χ2v) is 8.65. The van der Waals surface area contributed by atoms with Crippen LogP contribution in [0.1, 0.15) is 47.1 Å². The maximum atomic E-state index is 13.2. The summed E-state index contributed by atoms with van der Waals surface area (Å²) in [7, 11) is 0. The van der Waals surface area contributed by atoms with Gasteiger partial charge in [0.15, 0.2) is 0 Å². The van der Waals surface area contributed by atoms with Crippen molar-refractivity contribution in [2.24, 2.45) is 0 Å². The number of nitrogens with zero attached hydrogens (tertiary/aromatic N) is 3. The van der Waals surface area contributed by atoms with Crippen molar-refractivity contribution in [3.63, 3.8) is 0 Å². The molecule has 3 aromatic rings. The molecule has 1 amide bonds. The Labute approximate surface area is 171 Å². The number of likely N-dealkylation sites (tertiary alicyclic amines) is 1. The number of hydrogen-bond acceptors (Lipinski definition) is 6. The van der Waals surface area contributed by atoms with Gasteiger partial charge in [0.2, 0.25) is 0 Å². The zero-order valence-electron chi connectivity index (χ0n) is 15.7. The quantitative estimate of drug-likeness (QED) is 0.486. The highest BCUT2D eigenvalue weighted by Crippen LogP contribution is 2.38. The van der Waals surface area contributed by atoms with Crippen LogP contribution in [0.5, 0.6) is 0 Å². The lowest BCUT2D eigenvalue weighted by atomic mass is 10.1. The summed E-state index contributed by atoms with van der Waals surface area (Å²) < 4.78 is 1.10. The summed E-state index contributed by atoms with van der Waals surface area (Å²) in [5, 5.41) is 15.6. The average Bonchev–Trinajstić information content (AvgIpc) is 3.24. The van der Waals surface area contributed by atoms with Crippen molar-refractivity contribution in [3.05, 3.63) is 63.1 Å². The van der Waals surface area contributed by atoms with Gasteiger partial charge in [-0.2, -0.15) is 0 Å². The molecule has 2 heterocycles. The topological polar surface area (TPSA) is 88.4 Å².